The average molecular weight is 285 g/mol. The van der Waals surface area contributed by atoms with Crippen molar-refractivity contribution >= 4 is 27.6 Å². The summed E-state index contributed by atoms with van der Waals surface area (Å²) in [6.45, 7) is 0. The number of hydrogen-bond acceptors (Lipinski definition) is 5. The number of nitrogens with zero attached hydrogens (tertiary/aromatic N) is 2. The van der Waals surface area contributed by atoms with Crippen molar-refractivity contribution < 1.29 is 14.5 Å². The van der Waals surface area contributed by atoms with Gasteiger partial charge in [0.25, 0.3) is 5.69 Å². The highest BCUT2D eigenvalue weighted by Crippen LogP contribution is 2.32. The van der Waals surface area contributed by atoms with Crippen molar-refractivity contribution in [3.8, 4) is 6.07 Å². The summed E-state index contributed by atoms with van der Waals surface area (Å²) in [6, 6.07) is 4.27. The van der Waals surface area contributed by atoms with Crippen molar-refractivity contribution in [2.75, 3.05) is 7.11 Å². The second kappa shape index (κ2) is 4.72. The van der Waals surface area contributed by atoms with Gasteiger partial charge >= 0.3 is 5.97 Å². The lowest BCUT2D eigenvalue weighted by molar-refractivity contribution is -0.386. The van der Waals surface area contributed by atoms with Gasteiger partial charge in [-0.2, -0.15) is 5.26 Å². The molecular weight excluding hydrogens is 280 g/mol. The summed E-state index contributed by atoms with van der Waals surface area (Å²) >= 11 is 2.92. The Kier molecular flexibility index (Phi) is 3.58. The van der Waals surface area contributed by atoms with Gasteiger partial charge in [0, 0.05) is 0 Å². The monoisotopic (exact) mass is 284 g/mol. The van der Waals surface area contributed by atoms with Crippen LogP contribution in [0, 0.1) is 21.4 Å². The minimum atomic E-state index is -0.822. The van der Waals surface area contributed by atoms with Crippen LogP contribution in [0.1, 0.15) is 15.9 Å². The Balaban J connectivity index is 3.54. The van der Waals surface area contributed by atoms with E-state index in [0.717, 1.165) is 7.11 Å². The van der Waals surface area contributed by atoms with E-state index in [1.807, 2.05) is 0 Å². The predicted molar refractivity (Wildman–Crippen MR) is 56.9 cm³/mol. The number of benzene rings is 1. The zero-order chi connectivity index (χ0) is 12.3. The van der Waals surface area contributed by atoms with Gasteiger partial charge in [0.15, 0.2) is 0 Å². The predicted octanol–water partition coefficient (Wildman–Crippen LogP) is 2.02. The van der Waals surface area contributed by atoms with Gasteiger partial charge in [0.05, 0.1) is 17.6 Å². The van der Waals surface area contributed by atoms with E-state index >= 15 is 0 Å². The molecule has 0 aliphatic carbocycles. The number of nitriles is 1. The van der Waals surface area contributed by atoms with Crippen molar-refractivity contribution in [3.63, 3.8) is 0 Å². The lowest BCUT2D eigenvalue weighted by atomic mass is 10.1. The third kappa shape index (κ3) is 2.01. The molecule has 0 bridgehead atoms. The smallest absolute Gasteiger partial charge is 0.344 e. The van der Waals surface area contributed by atoms with Crippen LogP contribution >= 0.6 is 15.9 Å². The fraction of sp³-hybridized carbons (Fsp3) is 0.111. The molecule has 0 saturated carbocycles. The fourth-order valence-corrected chi connectivity index (χ4v) is 1.68. The molecule has 1 aromatic carbocycles. The minimum Gasteiger partial charge on any atom is -0.465 e. The Morgan fingerprint density at radius 1 is 1.62 bits per heavy atom. The summed E-state index contributed by atoms with van der Waals surface area (Å²) in [6.07, 6.45) is 0. The van der Waals surface area contributed by atoms with Crippen LogP contribution in [0.5, 0.6) is 0 Å². The molecule has 0 heterocycles. The van der Waals surface area contributed by atoms with Crippen LogP contribution in [0.15, 0.2) is 16.6 Å². The summed E-state index contributed by atoms with van der Waals surface area (Å²) in [5.74, 6) is -0.822. The van der Waals surface area contributed by atoms with Crippen molar-refractivity contribution in [3.05, 3.63) is 37.8 Å². The molecule has 0 radical (unpaired) electrons. The summed E-state index contributed by atoms with van der Waals surface area (Å²) in [7, 11) is 1.12. The van der Waals surface area contributed by atoms with Crippen molar-refractivity contribution in [2.24, 2.45) is 0 Å². The number of carbonyl (C=O) groups is 1. The van der Waals surface area contributed by atoms with E-state index in [0.29, 0.717) is 0 Å². The van der Waals surface area contributed by atoms with Crippen molar-refractivity contribution in [2.45, 2.75) is 0 Å². The number of methoxy groups -OCH3 is 1. The second-order valence-electron chi connectivity index (χ2n) is 2.68. The van der Waals surface area contributed by atoms with Crippen LogP contribution < -0.4 is 0 Å². The number of ether oxygens (including phenoxy) is 1. The molecule has 6 nitrogen and oxygen atoms in total. The highest BCUT2D eigenvalue weighted by Gasteiger charge is 2.26. The number of nitro benzene ring substituents is 1. The Bertz CT molecular complexity index is 507. The molecule has 0 saturated heterocycles. The molecule has 0 aliphatic rings. The molecule has 0 fully saturated rings. The first-order valence-corrected chi connectivity index (χ1v) is 4.77. The first-order valence-electron chi connectivity index (χ1n) is 3.98. The van der Waals surface area contributed by atoms with E-state index in [1.54, 1.807) is 6.07 Å². The Morgan fingerprint density at radius 3 is 2.69 bits per heavy atom. The SMILES string of the molecule is COC(=O)c1ccc(C#N)c(Br)c1[N+](=O)[O-]. The van der Waals surface area contributed by atoms with Gasteiger partial charge in [0.2, 0.25) is 0 Å². The zero-order valence-corrected chi connectivity index (χ0v) is 9.65. The highest BCUT2D eigenvalue weighted by molar-refractivity contribution is 9.10. The first kappa shape index (κ1) is 12.1. The van der Waals surface area contributed by atoms with Gasteiger partial charge in [-0.1, -0.05) is 0 Å². The molecule has 0 aromatic heterocycles. The molecule has 7 heteroatoms. The molecule has 0 atom stereocenters. The molecule has 0 unspecified atom stereocenters. The minimum absolute atomic E-state index is 0.0251. The fourth-order valence-electron chi connectivity index (χ4n) is 1.10. The molecule has 0 aliphatic heterocycles. The molecular formula is C9H5BrN2O4. The molecule has 0 N–H and O–H groups in total. The Hall–Kier alpha value is -1.94. The molecule has 0 amide bonds. The van der Waals surface area contributed by atoms with Gasteiger partial charge in [-0.25, -0.2) is 4.79 Å². The largest absolute Gasteiger partial charge is 0.465 e. The first-order chi connectivity index (χ1) is 7.52. The summed E-state index contributed by atoms with van der Waals surface area (Å²) in [4.78, 5) is 21.3. The quantitative estimate of drug-likeness (QED) is 0.470. The number of esters is 1. The van der Waals surface area contributed by atoms with Crippen LogP contribution in [0.25, 0.3) is 0 Å². The number of halogens is 1. The van der Waals surface area contributed by atoms with E-state index in [2.05, 4.69) is 20.7 Å². The average Bonchev–Trinajstić information content (AvgIpc) is 2.26. The molecule has 1 rings (SSSR count). The van der Waals surface area contributed by atoms with Gasteiger partial charge < -0.3 is 4.74 Å². The maximum Gasteiger partial charge on any atom is 0.344 e. The van der Waals surface area contributed by atoms with Crippen LogP contribution in [0.3, 0.4) is 0 Å². The van der Waals surface area contributed by atoms with Crippen LogP contribution in [-0.4, -0.2) is 18.0 Å². The number of hydrogen-bond donors (Lipinski definition) is 0. The lowest BCUT2D eigenvalue weighted by Crippen LogP contribution is -2.06. The number of carbonyl (C=O) groups excluding carboxylic acids is 1. The van der Waals surface area contributed by atoms with Gasteiger partial charge in [-0.15, -0.1) is 0 Å². The van der Waals surface area contributed by atoms with E-state index in [4.69, 9.17) is 5.26 Å². The van der Waals surface area contributed by atoms with Crippen LogP contribution in [0.2, 0.25) is 0 Å². The van der Waals surface area contributed by atoms with Gasteiger partial charge in [0.1, 0.15) is 16.1 Å². The third-order valence-corrected chi connectivity index (χ3v) is 2.63. The molecule has 82 valence electrons. The second-order valence-corrected chi connectivity index (χ2v) is 3.48. The summed E-state index contributed by atoms with van der Waals surface area (Å²) < 4.78 is 4.38. The Labute approximate surface area is 98.7 Å². The molecule has 16 heavy (non-hydrogen) atoms. The Morgan fingerprint density at radius 2 is 2.25 bits per heavy atom. The maximum absolute atomic E-state index is 11.3. The number of nitro groups is 1. The highest BCUT2D eigenvalue weighted by atomic mass is 79.9. The van der Waals surface area contributed by atoms with E-state index in [-0.39, 0.29) is 15.6 Å². The molecule has 1 aromatic rings. The third-order valence-electron chi connectivity index (χ3n) is 1.82. The molecule has 0 spiro atoms. The lowest BCUT2D eigenvalue weighted by Gasteiger charge is -2.03. The number of rotatable bonds is 2. The summed E-state index contributed by atoms with van der Waals surface area (Å²) in [5.41, 5.74) is -0.580. The van der Waals surface area contributed by atoms with Crippen molar-refractivity contribution in [1.82, 2.24) is 0 Å². The standard InChI is InChI=1S/C9H5BrN2O4/c1-16-9(13)6-3-2-5(4-11)7(10)8(6)12(14)15/h2-3H,1H3. The van der Waals surface area contributed by atoms with E-state index in [1.165, 1.54) is 12.1 Å². The topological polar surface area (TPSA) is 93.2 Å². The van der Waals surface area contributed by atoms with E-state index in [9.17, 15) is 14.9 Å². The van der Waals surface area contributed by atoms with Gasteiger partial charge in [-0.05, 0) is 28.1 Å². The normalized spacial score (nSPS) is 9.31. The van der Waals surface area contributed by atoms with E-state index < -0.39 is 16.6 Å². The van der Waals surface area contributed by atoms with Crippen LogP contribution in [-0.2, 0) is 4.74 Å². The van der Waals surface area contributed by atoms with Crippen molar-refractivity contribution in [1.29, 1.82) is 5.26 Å². The van der Waals surface area contributed by atoms with Crippen LogP contribution in [0.4, 0.5) is 5.69 Å². The zero-order valence-electron chi connectivity index (χ0n) is 8.06. The maximum atomic E-state index is 11.3. The summed E-state index contributed by atoms with van der Waals surface area (Å²) in [5, 5.41) is 19.5. The van der Waals surface area contributed by atoms with Gasteiger partial charge in [-0.3, -0.25) is 10.1 Å².